The highest BCUT2D eigenvalue weighted by Gasteiger charge is 2.27. The summed E-state index contributed by atoms with van der Waals surface area (Å²) < 4.78 is 7.96. The third kappa shape index (κ3) is 3.86. The molecule has 2 heterocycles. The van der Waals surface area contributed by atoms with Crippen molar-refractivity contribution in [3.05, 3.63) is 47.5 Å². The van der Waals surface area contributed by atoms with Crippen LogP contribution in [0.1, 0.15) is 42.6 Å². The quantitative estimate of drug-likeness (QED) is 0.838. The minimum atomic E-state index is 0.0558. The minimum absolute atomic E-state index is 0.0558. The topological polar surface area (TPSA) is 47.4 Å². The van der Waals surface area contributed by atoms with Crippen molar-refractivity contribution in [2.45, 2.75) is 46.1 Å². The van der Waals surface area contributed by atoms with Crippen molar-refractivity contribution in [1.29, 1.82) is 0 Å². The van der Waals surface area contributed by atoms with Crippen LogP contribution in [0.5, 0.6) is 5.75 Å². The van der Waals surface area contributed by atoms with Crippen LogP contribution < -0.4 is 4.74 Å². The average Bonchev–Trinajstić information content (AvgIpc) is 3.11. The fraction of sp³-hybridized carbons (Fsp3) is 0.500. The standard InChI is InChI=1S/C20H27N3O2/c1-4-22-12-10-21-20(22)17-8-6-11-23(13-17)19(24)14-25-18-9-5-7-15(2)16(18)3/h5,7,9-10,12,17H,4,6,8,11,13-14H2,1-3H3/t17-/m0/s1. The molecule has 1 atom stereocenters. The van der Waals surface area contributed by atoms with Crippen LogP contribution in [0.3, 0.4) is 0 Å². The second kappa shape index (κ2) is 7.72. The predicted octanol–water partition coefficient (Wildman–Crippen LogP) is 3.30. The molecule has 1 fully saturated rings. The molecule has 134 valence electrons. The Hall–Kier alpha value is -2.30. The summed E-state index contributed by atoms with van der Waals surface area (Å²) in [6.07, 6.45) is 5.96. The zero-order valence-electron chi connectivity index (χ0n) is 15.4. The van der Waals surface area contributed by atoms with Gasteiger partial charge in [0.1, 0.15) is 11.6 Å². The van der Waals surface area contributed by atoms with Gasteiger partial charge in [0.2, 0.25) is 0 Å². The van der Waals surface area contributed by atoms with Gasteiger partial charge in [-0.2, -0.15) is 0 Å². The van der Waals surface area contributed by atoms with E-state index < -0.39 is 0 Å². The molecule has 1 amide bonds. The largest absolute Gasteiger partial charge is 0.483 e. The molecule has 0 N–H and O–H groups in total. The Kier molecular flexibility index (Phi) is 5.41. The zero-order chi connectivity index (χ0) is 17.8. The molecule has 5 nitrogen and oxygen atoms in total. The van der Waals surface area contributed by atoms with E-state index in [0.717, 1.165) is 49.6 Å². The van der Waals surface area contributed by atoms with Crippen LogP contribution in [0.4, 0.5) is 0 Å². The van der Waals surface area contributed by atoms with Crippen LogP contribution in [0.15, 0.2) is 30.6 Å². The van der Waals surface area contributed by atoms with E-state index in [1.165, 1.54) is 5.56 Å². The van der Waals surface area contributed by atoms with Gasteiger partial charge in [-0.3, -0.25) is 4.79 Å². The van der Waals surface area contributed by atoms with E-state index in [1.54, 1.807) is 0 Å². The summed E-state index contributed by atoms with van der Waals surface area (Å²) in [5, 5.41) is 0. The molecule has 1 aromatic heterocycles. The Morgan fingerprint density at radius 3 is 3.00 bits per heavy atom. The van der Waals surface area contributed by atoms with Gasteiger partial charge in [-0.25, -0.2) is 4.98 Å². The average molecular weight is 341 g/mol. The summed E-state index contributed by atoms with van der Waals surface area (Å²) in [4.78, 5) is 19.0. The number of rotatable bonds is 5. The molecule has 0 aliphatic carbocycles. The Labute approximate surface area is 149 Å². The lowest BCUT2D eigenvalue weighted by molar-refractivity contribution is -0.134. The number of hydrogen-bond acceptors (Lipinski definition) is 3. The molecule has 5 heteroatoms. The van der Waals surface area contributed by atoms with Gasteiger partial charge < -0.3 is 14.2 Å². The van der Waals surface area contributed by atoms with Crippen molar-refractivity contribution in [2.24, 2.45) is 0 Å². The Bertz CT molecular complexity index is 738. The number of aryl methyl sites for hydroxylation is 2. The van der Waals surface area contributed by atoms with E-state index in [4.69, 9.17) is 4.74 Å². The van der Waals surface area contributed by atoms with Gasteiger partial charge in [0.05, 0.1) is 0 Å². The molecule has 2 aromatic rings. The molecule has 0 saturated carbocycles. The highest BCUT2D eigenvalue weighted by atomic mass is 16.5. The maximum Gasteiger partial charge on any atom is 0.260 e. The van der Waals surface area contributed by atoms with Gasteiger partial charge in [0.15, 0.2) is 6.61 Å². The molecule has 0 bridgehead atoms. The number of amides is 1. The number of carbonyl (C=O) groups is 1. The maximum absolute atomic E-state index is 12.6. The summed E-state index contributed by atoms with van der Waals surface area (Å²) in [6, 6.07) is 5.94. The molecule has 1 saturated heterocycles. The number of nitrogens with zero attached hydrogens (tertiary/aromatic N) is 3. The Balaban J connectivity index is 1.61. The zero-order valence-corrected chi connectivity index (χ0v) is 15.4. The summed E-state index contributed by atoms with van der Waals surface area (Å²) in [5.41, 5.74) is 2.27. The van der Waals surface area contributed by atoms with E-state index >= 15 is 0 Å². The molecule has 1 aliphatic rings. The monoisotopic (exact) mass is 341 g/mol. The first kappa shape index (κ1) is 17.5. The van der Waals surface area contributed by atoms with Crippen molar-refractivity contribution in [1.82, 2.24) is 14.5 Å². The van der Waals surface area contributed by atoms with Gasteiger partial charge in [-0.15, -0.1) is 0 Å². The molecular formula is C20H27N3O2. The predicted molar refractivity (Wildman–Crippen MR) is 97.9 cm³/mol. The number of aromatic nitrogens is 2. The molecular weight excluding hydrogens is 314 g/mol. The van der Waals surface area contributed by atoms with Crippen molar-refractivity contribution in [2.75, 3.05) is 19.7 Å². The summed E-state index contributed by atoms with van der Waals surface area (Å²) >= 11 is 0. The number of benzene rings is 1. The third-order valence-corrected chi connectivity index (χ3v) is 5.13. The third-order valence-electron chi connectivity index (χ3n) is 5.13. The van der Waals surface area contributed by atoms with E-state index in [0.29, 0.717) is 5.92 Å². The van der Waals surface area contributed by atoms with Crippen molar-refractivity contribution in [3.63, 3.8) is 0 Å². The molecule has 0 unspecified atom stereocenters. The van der Waals surface area contributed by atoms with Crippen LogP contribution >= 0.6 is 0 Å². The summed E-state index contributed by atoms with van der Waals surface area (Å²) in [5.74, 6) is 2.26. The molecule has 1 aromatic carbocycles. The van der Waals surface area contributed by atoms with Crippen molar-refractivity contribution in [3.8, 4) is 5.75 Å². The molecule has 25 heavy (non-hydrogen) atoms. The van der Waals surface area contributed by atoms with E-state index in [9.17, 15) is 4.79 Å². The van der Waals surface area contributed by atoms with Gasteiger partial charge in [-0.05, 0) is 50.8 Å². The number of piperidine rings is 1. The fourth-order valence-corrected chi connectivity index (χ4v) is 3.47. The number of imidazole rings is 1. The number of ether oxygens (including phenoxy) is 1. The summed E-state index contributed by atoms with van der Waals surface area (Å²) in [7, 11) is 0. The number of carbonyl (C=O) groups excluding carboxylic acids is 1. The maximum atomic E-state index is 12.6. The molecule has 3 rings (SSSR count). The lowest BCUT2D eigenvalue weighted by atomic mass is 9.97. The minimum Gasteiger partial charge on any atom is -0.483 e. The molecule has 0 spiro atoms. The lowest BCUT2D eigenvalue weighted by Gasteiger charge is -2.32. The smallest absolute Gasteiger partial charge is 0.260 e. The van der Waals surface area contributed by atoms with Gasteiger partial charge in [0, 0.05) is 37.9 Å². The van der Waals surface area contributed by atoms with Crippen molar-refractivity contribution < 1.29 is 9.53 Å². The van der Waals surface area contributed by atoms with Crippen molar-refractivity contribution >= 4 is 5.91 Å². The first-order valence-corrected chi connectivity index (χ1v) is 9.08. The fourth-order valence-electron chi connectivity index (χ4n) is 3.47. The van der Waals surface area contributed by atoms with E-state index in [-0.39, 0.29) is 12.5 Å². The van der Waals surface area contributed by atoms with Crippen LogP contribution in [-0.4, -0.2) is 40.1 Å². The van der Waals surface area contributed by atoms with Gasteiger partial charge >= 0.3 is 0 Å². The lowest BCUT2D eigenvalue weighted by Crippen LogP contribution is -2.42. The highest BCUT2D eigenvalue weighted by Crippen LogP contribution is 2.26. The van der Waals surface area contributed by atoms with Crippen LogP contribution in [0.25, 0.3) is 0 Å². The molecule has 0 radical (unpaired) electrons. The Morgan fingerprint density at radius 1 is 1.36 bits per heavy atom. The normalized spacial score (nSPS) is 17.6. The van der Waals surface area contributed by atoms with Crippen LogP contribution in [-0.2, 0) is 11.3 Å². The first-order chi connectivity index (χ1) is 12.1. The van der Waals surface area contributed by atoms with Crippen LogP contribution in [0.2, 0.25) is 0 Å². The first-order valence-electron chi connectivity index (χ1n) is 9.08. The highest BCUT2D eigenvalue weighted by molar-refractivity contribution is 5.78. The van der Waals surface area contributed by atoms with Crippen LogP contribution in [0, 0.1) is 13.8 Å². The summed E-state index contributed by atoms with van der Waals surface area (Å²) in [6.45, 7) is 8.74. The van der Waals surface area contributed by atoms with E-state index in [2.05, 4.69) is 29.5 Å². The van der Waals surface area contributed by atoms with E-state index in [1.807, 2.05) is 36.4 Å². The number of hydrogen-bond donors (Lipinski definition) is 0. The Morgan fingerprint density at radius 2 is 2.20 bits per heavy atom. The SMILES string of the molecule is CCn1ccnc1[C@H]1CCCN(C(=O)COc2cccc(C)c2C)C1. The second-order valence-electron chi connectivity index (χ2n) is 6.74. The van der Waals surface area contributed by atoms with Gasteiger partial charge in [0.25, 0.3) is 5.91 Å². The molecule has 1 aliphatic heterocycles. The second-order valence-corrected chi connectivity index (χ2v) is 6.74. The van der Waals surface area contributed by atoms with Gasteiger partial charge in [-0.1, -0.05) is 12.1 Å². The number of likely N-dealkylation sites (tertiary alicyclic amines) is 1.